The highest BCUT2D eigenvalue weighted by molar-refractivity contribution is 6.21. The predicted octanol–water partition coefficient (Wildman–Crippen LogP) is 2.57. The Morgan fingerprint density at radius 2 is 1.59 bits per heavy atom. The van der Waals surface area contributed by atoms with Crippen molar-refractivity contribution in [3.05, 3.63) is 59.7 Å². The largest absolute Gasteiger partial charge is 0.365 e. The fraction of sp³-hybridized carbons (Fsp3) is 0.211. The van der Waals surface area contributed by atoms with Crippen molar-refractivity contribution in [2.24, 2.45) is 5.92 Å². The lowest BCUT2D eigenvalue weighted by molar-refractivity contribution is 0.0143. The summed E-state index contributed by atoms with van der Waals surface area (Å²) in [4.78, 5) is 38.9. The summed E-state index contributed by atoms with van der Waals surface area (Å²) in [5.41, 5.74) is 1.63. The molecule has 4 rings (SSSR count). The highest BCUT2D eigenvalue weighted by Gasteiger charge is 2.42. The highest BCUT2D eigenvalue weighted by Crippen LogP contribution is 2.25. The molecule has 0 saturated heterocycles. The Kier molecular flexibility index (Phi) is 3.95. The van der Waals surface area contributed by atoms with E-state index in [1.165, 1.54) is 0 Å². The third kappa shape index (κ3) is 2.66. The van der Waals surface area contributed by atoms with E-state index in [1.54, 1.807) is 48.5 Å². The third-order valence-corrected chi connectivity index (χ3v) is 4.31. The number of carbonyl (C=O) groups is 3. The fourth-order valence-corrected chi connectivity index (χ4v) is 3.11. The molecular weight excluding hydrogens is 346 g/mol. The number of carbonyl (C=O) groups excluding carboxylic acids is 3. The second-order valence-electron chi connectivity index (χ2n) is 6.72. The molecule has 0 radical (unpaired) electrons. The summed E-state index contributed by atoms with van der Waals surface area (Å²) < 4.78 is 1.11. The normalized spacial score (nSPS) is 13.5. The molecule has 0 bridgehead atoms. The first-order chi connectivity index (χ1) is 13.0. The van der Waals surface area contributed by atoms with Crippen LogP contribution in [0.5, 0.6) is 0 Å². The van der Waals surface area contributed by atoms with Crippen molar-refractivity contribution in [1.82, 2.24) is 25.0 Å². The molecule has 0 fully saturated rings. The standard InChI is InChI=1S/C19H17N5O3/c1-12(2)11-22(19(27)23-16-10-6-5-9-15(16)20-21-23)24-17(25)13-7-3-4-8-14(13)18(24)26/h3-10,12H,11H2,1-2H3. The quantitative estimate of drug-likeness (QED) is 0.667. The van der Waals surface area contributed by atoms with Gasteiger partial charge < -0.3 is 0 Å². The lowest BCUT2D eigenvalue weighted by Gasteiger charge is -2.30. The number of benzene rings is 2. The Morgan fingerprint density at radius 1 is 1.00 bits per heavy atom. The number of hydrazine groups is 1. The van der Waals surface area contributed by atoms with E-state index < -0.39 is 17.8 Å². The number of imide groups is 1. The molecule has 0 unspecified atom stereocenters. The van der Waals surface area contributed by atoms with Crippen LogP contribution in [0.1, 0.15) is 34.6 Å². The van der Waals surface area contributed by atoms with Crippen LogP contribution < -0.4 is 0 Å². The predicted molar refractivity (Wildman–Crippen MR) is 96.8 cm³/mol. The van der Waals surface area contributed by atoms with E-state index in [2.05, 4.69) is 10.3 Å². The summed E-state index contributed by atoms with van der Waals surface area (Å²) in [5.74, 6) is -1.02. The van der Waals surface area contributed by atoms with Gasteiger partial charge in [-0.1, -0.05) is 43.3 Å². The molecule has 3 aromatic rings. The van der Waals surface area contributed by atoms with Gasteiger partial charge in [-0.2, -0.15) is 9.69 Å². The molecule has 0 N–H and O–H groups in total. The molecule has 2 heterocycles. The molecule has 2 aromatic carbocycles. The molecule has 0 spiro atoms. The van der Waals surface area contributed by atoms with Gasteiger partial charge in [0.25, 0.3) is 11.8 Å². The Hall–Kier alpha value is -3.55. The number of hydrogen-bond donors (Lipinski definition) is 0. The molecule has 0 saturated carbocycles. The minimum absolute atomic E-state index is 0.0213. The van der Waals surface area contributed by atoms with Crippen LogP contribution in [0.15, 0.2) is 48.5 Å². The Bertz CT molecular complexity index is 1040. The van der Waals surface area contributed by atoms with E-state index >= 15 is 0 Å². The Labute approximate surface area is 154 Å². The summed E-state index contributed by atoms with van der Waals surface area (Å²) in [7, 11) is 0. The van der Waals surface area contributed by atoms with Crippen LogP contribution in [0.25, 0.3) is 11.0 Å². The zero-order valence-electron chi connectivity index (χ0n) is 14.9. The van der Waals surface area contributed by atoms with E-state index in [-0.39, 0.29) is 23.6 Å². The van der Waals surface area contributed by atoms with Gasteiger partial charge in [-0.15, -0.1) is 5.10 Å². The first-order valence-corrected chi connectivity index (χ1v) is 8.59. The molecule has 3 amide bonds. The lowest BCUT2D eigenvalue weighted by Crippen LogP contribution is -2.52. The molecule has 0 atom stereocenters. The smallest absolute Gasteiger partial charge is 0.267 e. The van der Waals surface area contributed by atoms with Crippen LogP contribution >= 0.6 is 0 Å². The van der Waals surface area contributed by atoms with E-state index in [9.17, 15) is 14.4 Å². The minimum Gasteiger partial charge on any atom is -0.267 e. The molecule has 27 heavy (non-hydrogen) atoms. The molecule has 8 nitrogen and oxygen atoms in total. The van der Waals surface area contributed by atoms with Crippen LogP contribution in [-0.2, 0) is 0 Å². The number of hydrogen-bond acceptors (Lipinski definition) is 5. The Morgan fingerprint density at radius 3 is 2.22 bits per heavy atom. The van der Waals surface area contributed by atoms with Gasteiger partial charge in [0.1, 0.15) is 5.52 Å². The van der Waals surface area contributed by atoms with Crippen molar-refractivity contribution in [2.75, 3.05) is 6.54 Å². The molecule has 136 valence electrons. The van der Waals surface area contributed by atoms with Crippen LogP contribution in [0.3, 0.4) is 0 Å². The van der Waals surface area contributed by atoms with Crippen LogP contribution in [0, 0.1) is 5.92 Å². The van der Waals surface area contributed by atoms with Crippen LogP contribution in [0.2, 0.25) is 0 Å². The number of aromatic nitrogens is 3. The van der Waals surface area contributed by atoms with Gasteiger partial charge in [-0.05, 0) is 30.2 Å². The number of amides is 3. The van der Waals surface area contributed by atoms with Gasteiger partial charge in [0.15, 0.2) is 0 Å². The van der Waals surface area contributed by atoms with Gasteiger partial charge in [0, 0.05) is 6.54 Å². The second-order valence-corrected chi connectivity index (χ2v) is 6.72. The van der Waals surface area contributed by atoms with Crippen molar-refractivity contribution in [1.29, 1.82) is 0 Å². The van der Waals surface area contributed by atoms with Gasteiger partial charge in [-0.25, -0.2) is 9.80 Å². The van der Waals surface area contributed by atoms with Gasteiger partial charge in [-0.3, -0.25) is 9.59 Å². The van der Waals surface area contributed by atoms with Crippen LogP contribution in [-0.4, -0.2) is 49.4 Å². The molecule has 1 aromatic heterocycles. The maximum atomic E-state index is 13.2. The third-order valence-electron chi connectivity index (χ3n) is 4.31. The van der Waals surface area contributed by atoms with Gasteiger partial charge >= 0.3 is 6.03 Å². The first kappa shape index (κ1) is 16.9. The number of rotatable bonds is 3. The van der Waals surface area contributed by atoms with E-state index in [1.807, 2.05) is 13.8 Å². The van der Waals surface area contributed by atoms with Gasteiger partial charge in [0.05, 0.1) is 16.6 Å². The lowest BCUT2D eigenvalue weighted by atomic mass is 10.1. The molecule has 1 aliphatic rings. The number of para-hydroxylation sites is 1. The summed E-state index contributed by atoms with van der Waals surface area (Å²) >= 11 is 0. The number of nitrogens with zero attached hydrogens (tertiary/aromatic N) is 5. The van der Waals surface area contributed by atoms with Crippen molar-refractivity contribution >= 4 is 28.9 Å². The van der Waals surface area contributed by atoms with Crippen molar-refractivity contribution in [2.45, 2.75) is 13.8 Å². The summed E-state index contributed by atoms with van der Waals surface area (Å²) in [6.45, 7) is 3.98. The molecule has 8 heteroatoms. The van der Waals surface area contributed by atoms with E-state index in [4.69, 9.17) is 0 Å². The zero-order valence-corrected chi connectivity index (χ0v) is 14.9. The molecule has 0 aliphatic carbocycles. The number of fused-ring (bicyclic) bond motifs is 2. The van der Waals surface area contributed by atoms with E-state index in [0.717, 1.165) is 14.7 Å². The average molecular weight is 363 g/mol. The zero-order chi connectivity index (χ0) is 19.1. The Balaban J connectivity index is 1.78. The second kappa shape index (κ2) is 6.31. The molecular formula is C19H17N5O3. The molecule has 1 aliphatic heterocycles. The summed E-state index contributed by atoms with van der Waals surface area (Å²) in [6.07, 6.45) is 0. The topological polar surface area (TPSA) is 88.4 Å². The minimum atomic E-state index is -0.605. The fourth-order valence-electron chi connectivity index (χ4n) is 3.11. The van der Waals surface area contributed by atoms with Crippen molar-refractivity contribution < 1.29 is 14.4 Å². The van der Waals surface area contributed by atoms with E-state index in [0.29, 0.717) is 11.0 Å². The SMILES string of the molecule is CC(C)CN(C(=O)n1nnc2ccccc21)N1C(=O)c2ccccc2C1=O. The maximum absolute atomic E-state index is 13.2. The average Bonchev–Trinajstić information content (AvgIpc) is 3.20. The summed E-state index contributed by atoms with van der Waals surface area (Å²) in [5, 5.41) is 9.96. The first-order valence-electron chi connectivity index (χ1n) is 8.59. The summed E-state index contributed by atoms with van der Waals surface area (Å²) in [6, 6.07) is 12.9. The van der Waals surface area contributed by atoms with Crippen LogP contribution in [0.4, 0.5) is 4.79 Å². The maximum Gasteiger partial charge on any atom is 0.365 e. The monoisotopic (exact) mass is 363 g/mol. The van der Waals surface area contributed by atoms with Crippen molar-refractivity contribution in [3.8, 4) is 0 Å². The van der Waals surface area contributed by atoms with Crippen molar-refractivity contribution in [3.63, 3.8) is 0 Å². The highest BCUT2D eigenvalue weighted by atomic mass is 16.2. The van der Waals surface area contributed by atoms with Gasteiger partial charge in [0.2, 0.25) is 0 Å².